The third kappa shape index (κ3) is 3.90. The molecule has 1 rings (SSSR count). The van der Waals surface area contributed by atoms with E-state index >= 15 is 0 Å². The molecule has 2 atom stereocenters. The van der Waals surface area contributed by atoms with Crippen LogP contribution in [0.15, 0.2) is 42.6 Å². The molecule has 0 fully saturated rings. The molecule has 0 saturated carbocycles. The minimum atomic E-state index is 0.566. The summed E-state index contributed by atoms with van der Waals surface area (Å²) < 4.78 is 0. The van der Waals surface area contributed by atoms with E-state index in [1.54, 1.807) is 0 Å². The Hall–Kier alpha value is -1.24. The zero-order valence-corrected chi connectivity index (χ0v) is 12.3. The van der Waals surface area contributed by atoms with Crippen LogP contribution >= 0.6 is 0 Å². The van der Waals surface area contributed by atoms with Crippen LogP contribution < -0.4 is 0 Å². The molecule has 0 saturated heterocycles. The fourth-order valence-corrected chi connectivity index (χ4v) is 2.37. The minimum Gasteiger partial charge on any atom is -0.370 e. The SMILES string of the molecule is C=C(Cc1ccccc1)N(C(C)CC)C(C)CC. The average Bonchev–Trinajstić information content (AvgIpc) is 2.39. The highest BCUT2D eigenvalue weighted by Gasteiger charge is 2.19. The maximum Gasteiger partial charge on any atom is 0.0258 e. The van der Waals surface area contributed by atoms with Crippen LogP contribution in [0, 0.1) is 0 Å². The molecule has 0 amide bonds. The fourth-order valence-electron chi connectivity index (χ4n) is 2.37. The second-order valence-electron chi connectivity index (χ2n) is 5.15. The van der Waals surface area contributed by atoms with Crippen molar-refractivity contribution in [2.75, 3.05) is 0 Å². The van der Waals surface area contributed by atoms with Gasteiger partial charge in [-0.2, -0.15) is 0 Å². The molecule has 0 spiro atoms. The van der Waals surface area contributed by atoms with Gasteiger partial charge in [-0.15, -0.1) is 0 Å². The number of hydrogen-bond acceptors (Lipinski definition) is 1. The molecule has 1 aromatic carbocycles. The van der Waals surface area contributed by atoms with Crippen LogP contribution in [0.25, 0.3) is 0 Å². The molecule has 0 aliphatic carbocycles. The summed E-state index contributed by atoms with van der Waals surface area (Å²) in [5, 5.41) is 0. The van der Waals surface area contributed by atoms with Gasteiger partial charge in [-0.25, -0.2) is 0 Å². The van der Waals surface area contributed by atoms with Crippen LogP contribution in [0.4, 0.5) is 0 Å². The van der Waals surface area contributed by atoms with Crippen molar-refractivity contribution in [3.63, 3.8) is 0 Å². The maximum absolute atomic E-state index is 4.31. The molecule has 0 aromatic heterocycles. The van der Waals surface area contributed by atoms with E-state index in [4.69, 9.17) is 0 Å². The van der Waals surface area contributed by atoms with Gasteiger partial charge in [0.1, 0.15) is 0 Å². The van der Waals surface area contributed by atoms with Crippen molar-refractivity contribution in [3.05, 3.63) is 48.2 Å². The monoisotopic (exact) mass is 245 g/mol. The lowest BCUT2D eigenvalue weighted by atomic mass is 10.0. The van der Waals surface area contributed by atoms with E-state index in [1.165, 1.54) is 11.3 Å². The van der Waals surface area contributed by atoms with E-state index in [1.807, 2.05) is 0 Å². The Labute approximate surface area is 113 Å². The van der Waals surface area contributed by atoms with Crippen LogP contribution in [-0.4, -0.2) is 17.0 Å². The first-order valence-electron chi connectivity index (χ1n) is 7.10. The largest absolute Gasteiger partial charge is 0.370 e. The molecule has 1 nitrogen and oxygen atoms in total. The molecule has 0 bridgehead atoms. The number of allylic oxidation sites excluding steroid dienone is 1. The van der Waals surface area contributed by atoms with Crippen LogP contribution in [0.3, 0.4) is 0 Å². The standard InChI is InChI=1S/C17H27N/c1-6-14(3)18(15(4)7-2)16(5)13-17-11-9-8-10-12-17/h8-12,14-15H,5-7,13H2,1-4H3. The first kappa shape index (κ1) is 14.8. The van der Waals surface area contributed by atoms with Gasteiger partial charge >= 0.3 is 0 Å². The zero-order valence-electron chi connectivity index (χ0n) is 12.3. The van der Waals surface area contributed by atoms with E-state index in [9.17, 15) is 0 Å². The molecule has 0 heterocycles. The highest BCUT2D eigenvalue weighted by atomic mass is 15.2. The topological polar surface area (TPSA) is 3.24 Å². The van der Waals surface area contributed by atoms with Crippen LogP contribution in [0.5, 0.6) is 0 Å². The highest BCUT2D eigenvalue weighted by molar-refractivity contribution is 5.20. The Kier molecular flexibility index (Phi) is 5.97. The van der Waals surface area contributed by atoms with E-state index in [2.05, 4.69) is 69.5 Å². The molecule has 0 aliphatic rings. The zero-order chi connectivity index (χ0) is 13.5. The average molecular weight is 245 g/mol. The number of hydrogen-bond donors (Lipinski definition) is 0. The van der Waals surface area contributed by atoms with Crippen molar-refractivity contribution in [2.45, 2.75) is 59.0 Å². The smallest absolute Gasteiger partial charge is 0.0258 e. The summed E-state index contributed by atoms with van der Waals surface area (Å²) >= 11 is 0. The van der Waals surface area contributed by atoms with Gasteiger partial charge in [-0.05, 0) is 32.3 Å². The molecular weight excluding hydrogens is 218 g/mol. The second-order valence-corrected chi connectivity index (χ2v) is 5.15. The van der Waals surface area contributed by atoms with Gasteiger partial charge in [0, 0.05) is 24.2 Å². The van der Waals surface area contributed by atoms with Crippen molar-refractivity contribution in [2.24, 2.45) is 0 Å². The van der Waals surface area contributed by atoms with Gasteiger partial charge in [0.15, 0.2) is 0 Å². The van der Waals surface area contributed by atoms with Crippen LogP contribution in [0.1, 0.15) is 46.1 Å². The highest BCUT2D eigenvalue weighted by Crippen LogP contribution is 2.20. The van der Waals surface area contributed by atoms with Crippen LogP contribution in [0.2, 0.25) is 0 Å². The lowest BCUT2D eigenvalue weighted by Gasteiger charge is -2.37. The number of rotatable bonds is 7. The number of benzene rings is 1. The Balaban J connectivity index is 2.77. The lowest BCUT2D eigenvalue weighted by molar-refractivity contribution is 0.193. The Morgan fingerprint density at radius 2 is 1.56 bits per heavy atom. The first-order valence-corrected chi connectivity index (χ1v) is 7.10. The summed E-state index contributed by atoms with van der Waals surface area (Å²) in [6, 6.07) is 11.7. The summed E-state index contributed by atoms with van der Waals surface area (Å²) in [7, 11) is 0. The summed E-state index contributed by atoms with van der Waals surface area (Å²) in [6.07, 6.45) is 3.28. The normalized spacial score (nSPS) is 14.0. The molecule has 0 N–H and O–H groups in total. The molecule has 1 aromatic rings. The van der Waals surface area contributed by atoms with E-state index in [0.29, 0.717) is 12.1 Å². The molecule has 0 aliphatic heterocycles. The first-order chi connectivity index (χ1) is 8.60. The van der Waals surface area contributed by atoms with E-state index in [0.717, 1.165) is 19.3 Å². The molecule has 1 heteroatoms. The maximum atomic E-state index is 4.31. The Morgan fingerprint density at radius 1 is 1.06 bits per heavy atom. The Morgan fingerprint density at radius 3 is 2.00 bits per heavy atom. The Bertz CT molecular complexity index is 345. The quantitative estimate of drug-likeness (QED) is 0.676. The second kappa shape index (κ2) is 7.25. The van der Waals surface area contributed by atoms with Crippen molar-refractivity contribution in [1.82, 2.24) is 4.90 Å². The van der Waals surface area contributed by atoms with Crippen molar-refractivity contribution in [3.8, 4) is 0 Å². The van der Waals surface area contributed by atoms with Crippen LogP contribution in [-0.2, 0) is 6.42 Å². The van der Waals surface area contributed by atoms with Gasteiger partial charge in [-0.1, -0.05) is 50.8 Å². The summed E-state index contributed by atoms with van der Waals surface area (Å²) in [5.74, 6) is 0. The molecule has 2 unspecified atom stereocenters. The minimum absolute atomic E-state index is 0.566. The molecule has 0 radical (unpaired) electrons. The fraction of sp³-hybridized carbons (Fsp3) is 0.529. The van der Waals surface area contributed by atoms with Gasteiger partial charge in [-0.3, -0.25) is 0 Å². The predicted octanol–water partition coefficient (Wildman–Crippen LogP) is 4.64. The summed E-state index contributed by atoms with van der Waals surface area (Å²) in [5.41, 5.74) is 2.59. The van der Waals surface area contributed by atoms with Crippen molar-refractivity contribution >= 4 is 0 Å². The number of nitrogens with zero attached hydrogens (tertiary/aromatic N) is 1. The van der Waals surface area contributed by atoms with E-state index in [-0.39, 0.29) is 0 Å². The van der Waals surface area contributed by atoms with Crippen molar-refractivity contribution < 1.29 is 0 Å². The molecule has 100 valence electrons. The third-order valence-corrected chi connectivity index (χ3v) is 3.75. The van der Waals surface area contributed by atoms with E-state index < -0.39 is 0 Å². The molecular formula is C17H27N. The summed E-state index contributed by atoms with van der Waals surface area (Å²) in [6.45, 7) is 13.4. The van der Waals surface area contributed by atoms with Gasteiger partial charge in [0.2, 0.25) is 0 Å². The lowest BCUT2D eigenvalue weighted by Crippen LogP contribution is -2.39. The predicted molar refractivity (Wildman–Crippen MR) is 80.6 cm³/mol. The summed E-state index contributed by atoms with van der Waals surface area (Å²) in [4.78, 5) is 2.49. The van der Waals surface area contributed by atoms with Gasteiger partial charge in [0.25, 0.3) is 0 Å². The third-order valence-electron chi connectivity index (χ3n) is 3.75. The van der Waals surface area contributed by atoms with Crippen molar-refractivity contribution in [1.29, 1.82) is 0 Å². The van der Waals surface area contributed by atoms with Gasteiger partial charge < -0.3 is 4.90 Å². The molecule has 18 heavy (non-hydrogen) atoms. The van der Waals surface area contributed by atoms with Gasteiger partial charge in [0.05, 0.1) is 0 Å².